The van der Waals surface area contributed by atoms with Crippen LogP contribution in [0.5, 0.6) is 11.5 Å². The molecular formula is C24H26N2O3. The molecule has 1 aliphatic heterocycles. The van der Waals surface area contributed by atoms with Gasteiger partial charge in [0.15, 0.2) is 11.5 Å². The Kier molecular flexibility index (Phi) is 5.56. The molecule has 1 aromatic heterocycles. The van der Waals surface area contributed by atoms with Crippen LogP contribution < -0.4 is 9.47 Å². The lowest BCUT2D eigenvalue weighted by Gasteiger charge is -2.25. The maximum Gasteiger partial charge on any atom is 0.254 e. The molecule has 1 aliphatic rings. The number of aromatic nitrogens is 1. The highest BCUT2D eigenvalue weighted by Crippen LogP contribution is 2.33. The summed E-state index contributed by atoms with van der Waals surface area (Å²) in [5.74, 6) is 1.69. The van der Waals surface area contributed by atoms with Crippen molar-refractivity contribution >= 4 is 5.91 Å². The van der Waals surface area contributed by atoms with Crippen molar-refractivity contribution < 1.29 is 14.3 Å². The number of hydrogen-bond acceptors (Lipinski definition) is 3. The molecule has 0 spiro atoms. The number of rotatable bonds is 7. The molecule has 0 saturated heterocycles. The van der Waals surface area contributed by atoms with Crippen molar-refractivity contribution in [3.63, 3.8) is 0 Å². The Labute approximate surface area is 171 Å². The van der Waals surface area contributed by atoms with Crippen LogP contribution >= 0.6 is 0 Å². The van der Waals surface area contributed by atoms with Crippen molar-refractivity contribution in [3.8, 4) is 11.5 Å². The first-order valence-electron chi connectivity index (χ1n) is 9.97. The van der Waals surface area contributed by atoms with Crippen LogP contribution in [-0.2, 0) is 13.1 Å². The van der Waals surface area contributed by atoms with Gasteiger partial charge in [-0.05, 0) is 41.8 Å². The van der Waals surface area contributed by atoms with Crippen LogP contribution in [0.3, 0.4) is 0 Å². The average molecular weight is 390 g/mol. The van der Waals surface area contributed by atoms with E-state index in [4.69, 9.17) is 9.47 Å². The van der Waals surface area contributed by atoms with Crippen molar-refractivity contribution in [2.24, 2.45) is 5.92 Å². The average Bonchev–Trinajstić information content (AvgIpc) is 3.36. The van der Waals surface area contributed by atoms with Gasteiger partial charge in [-0.1, -0.05) is 44.2 Å². The molecular weight excluding hydrogens is 364 g/mol. The van der Waals surface area contributed by atoms with E-state index in [9.17, 15) is 4.79 Å². The van der Waals surface area contributed by atoms with Gasteiger partial charge < -0.3 is 18.9 Å². The predicted molar refractivity (Wildman–Crippen MR) is 112 cm³/mol. The van der Waals surface area contributed by atoms with Crippen molar-refractivity contribution in [1.82, 2.24) is 9.47 Å². The third kappa shape index (κ3) is 4.45. The van der Waals surface area contributed by atoms with Crippen LogP contribution in [0.4, 0.5) is 0 Å². The molecule has 2 heterocycles. The van der Waals surface area contributed by atoms with E-state index in [0.29, 0.717) is 36.1 Å². The number of nitrogens with zero attached hydrogens (tertiary/aromatic N) is 2. The molecule has 1 amide bonds. The van der Waals surface area contributed by atoms with E-state index < -0.39 is 0 Å². The topological polar surface area (TPSA) is 43.7 Å². The summed E-state index contributed by atoms with van der Waals surface area (Å²) in [7, 11) is 0. The summed E-state index contributed by atoms with van der Waals surface area (Å²) in [4.78, 5) is 15.2. The maximum absolute atomic E-state index is 13.3. The zero-order chi connectivity index (χ0) is 20.2. The number of ether oxygens (including phenoxy) is 2. The Morgan fingerprint density at radius 1 is 1.03 bits per heavy atom. The van der Waals surface area contributed by atoms with E-state index in [-0.39, 0.29) is 12.7 Å². The van der Waals surface area contributed by atoms with E-state index in [1.165, 1.54) is 5.56 Å². The van der Waals surface area contributed by atoms with Crippen LogP contribution in [-0.4, -0.2) is 28.7 Å². The van der Waals surface area contributed by atoms with Gasteiger partial charge in [0.1, 0.15) is 0 Å². The SMILES string of the molecule is CC(C)CN(Cc1cccn1Cc1ccccc1)C(=O)c1ccc2c(c1)OCO2. The number of carbonyl (C=O) groups is 1. The maximum atomic E-state index is 13.3. The summed E-state index contributed by atoms with van der Waals surface area (Å²) >= 11 is 0. The quantitative estimate of drug-likeness (QED) is 0.594. The molecule has 0 N–H and O–H groups in total. The van der Waals surface area contributed by atoms with Gasteiger partial charge in [-0.25, -0.2) is 0 Å². The minimum absolute atomic E-state index is 0.00413. The molecule has 2 aromatic carbocycles. The summed E-state index contributed by atoms with van der Waals surface area (Å²) in [5.41, 5.74) is 2.97. The first-order valence-corrected chi connectivity index (χ1v) is 9.97. The first kappa shape index (κ1) is 19.1. The van der Waals surface area contributed by atoms with Gasteiger partial charge in [-0.3, -0.25) is 4.79 Å². The molecule has 0 unspecified atom stereocenters. The van der Waals surface area contributed by atoms with Gasteiger partial charge >= 0.3 is 0 Å². The highest BCUT2D eigenvalue weighted by atomic mass is 16.7. The van der Waals surface area contributed by atoms with Crippen LogP contribution in [0.1, 0.15) is 35.5 Å². The number of benzene rings is 2. The summed E-state index contributed by atoms with van der Waals surface area (Å²) in [6.45, 7) is 6.49. The second kappa shape index (κ2) is 8.43. The number of carbonyl (C=O) groups excluding carboxylic acids is 1. The minimum atomic E-state index is 0.00413. The zero-order valence-electron chi connectivity index (χ0n) is 16.9. The van der Waals surface area contributed by atoms with Gasteiger partial charge in [0.2, 0.25) is 6.79 Å². The summed E-state index contributed by atoms with van der Waals surface area (Å²) < 4.78 is 13.0. The van der Waals surface area contributed by atoms with E-state index in [0.717, 1.165) is 12.2 Å². The molecule has 4 rings (SSSR count). The zero-order valence-corrected chi connectivity index (χ0v) is 16.9. The molecule has 0 atom stereocenters. The lowest BCUT2D eigenvalue weighted by Crippen LogP contribution is -2.34. The fraction of sp³-hybridized carbons (Fsp3) is 0.292. The molecule has 0 saturated carbocycles. The van der Waals surface area contributed by atoms with Crippen molar-refractivity contribution in [3.05, 3.63) is 83.7 Å². The van der Waals surface area contributed by atoms with Crippen LogP contribution in [0.2, 0.25) is 0 Å². The molecule has 5 nitrogen and oxygen atoms in total. The van der Waals surface area contributed by atoms with E-state index in [1.807, 2.05) is 35.2 Å². The van der Waals surface area contributed by atoms with Gasteiger partial charge in [-0.2, -0.15) is 0 Å². The van der Waals surface area contributed by atoms with Crippen molar-refractivity contribution in [2.45, 2.75) is 26.9 Å². The van der Waals surface area contributed by atoms with Crippen molar-refractivity contribution in [2.75, 3.05) is 13.3 Å². The Morgan fingerprint density at radius 2 is 1.83 bits per heavy atom. The van der Waals surface area contributed by atoms with Gasteiger partial charge in [0, 0.05) is 30.5 Å². The van der Waals surface area contributed by atoms with Crippen molar-refractivity contribution in [1.29, 1.82) is 0 Å². The lowest BCUT2D eigenvalue weighted by atomic mass is 10.1. The standard InChI is InChI=1S/C24H26N2O3/c1-18(2)14-26(24(27)20-10-11-22-23(13-20)29-17-28-22)16-21-9-6-12-25(21)15-19-7-4-3-5-8-19/h3-13,18H,14-17H2,1-2H3. The summed E-state index contributed by atoms with van der Waals surface area (Å²) in [5, 5.41) is 0. The molecule has 0 fully saturated rings. The number of fused-ring (bicyclic) bond motifs is 1. The largest absolute Gasteiger partial charge is 0.454 e. The second-order valence-electron chi connectivity index (χ2n) is 7.76. The van der Waals surface area contributed by atoms with Crippen LogP contribution in [0, 0.1) is 5.92 Å². The Morgan fingerprint density at radius 3 is 2.62 bits per heavy atom. The fourth-order valence-corrected chi connectivity index (χ4v) is 3.60. The second-order valence-corrected chi connectivity index (χ2v) is 7.76. The normalized spacial score (nSPS) is 12.4. The van der Waals surface area contributed by atoms with Gasteiger partial charge in [0.25, 0.3) is 5.91 Å². The van der Waals surface area contributed by atoms with E-state index >= 15 is 0 Å². The first-order chi connectivity index (χ1) is 14.1. The summed E-state index contributed by atoms with van der Waals surface area (Å²) in [6.07, 6.45) is 2.07. The Hall–Kier alpha value is -3.21. The lowest BCUT2D eigenvalue weighted by molar-refractivity contribution is 0.0718. The number of amides is 1. The Bertz CT molecular complexity index is 979. The molecule has 0 aliphatic carbocycles. The van der Waals surface area contributed by atoms with E-state index in [2.05, 4.69) is 42.8 Å². The summed E-state index contributed by atoms with van der Waals surface area (Å²) in [6, 6.07) is 19.9. The molecule has 3 aromatic rings. The molecule has 29 heavy (non-hydrogen) atoms. The monoisotopic (exact) mass is 390 g/mol. The Balaban J connectivity index is 1.55. The number of hydrogen-bond donors (Lipinski definition) is 0. The third-order valence-electron chi connectivity index (χ3n) is 4.96. The van der Waals surface area contributed by atoms with Gasteiger partial charge in [0.05, 0.1) is 6.54 Å². The predicted octanol–water partition coefficient (Wildman–Crippen LogP) is 4.56. The van der Waals surface area contributed by atoms with Crippen LogP contribution in [0.25, 0.3) is 0 Å². The third-order valence-corrected chi connectivity index (χ3v) is 4.96. The van der Waals surface area contributed by atoms with Gasteiger partial charge in [-0.15, -0.1) is 0 Å². The minimum Gasteiger partial charge on any atom is -0.454 e. The smallest absolute Gasteiger partial charge is 0.254 e. The van der Waals surface area contributed by atoms with E-state index in [1.54, 1.807) is 12.1 Å². The molecule has 0 bridgehead atoms. The van der Waals surface area contributed by atoms with Crippen LogP contribution in [0.15, 0.2) is 66.9 Å². The molecule has 5 heteroatoms. The molecule has 0 radical (unpaired) electrons. The highest BCUT2D eigenvalue weighted by Gasteiger charge is 2.22. The fourth-order valence-electron chi connectivity index (χ4n) is 3.60. The highest BCUT2D eigenvalue weighted by molar-refractivity contribution is 5.95. The molecule has 150 valence electrons.